The standard InChI is InChI=1S/C19H20BrN7O2/c1-27(2)19-24-17(21-10-12-6-4-3-5-7-12)23-18(25-19)26-22-11-13-8-14(20)16(29)9-15(13)28/h3-9,11,28-29H,10H2,1-2H3,(H2,21,23,24,25,26)/b22-11-. The van der Waals surface area contributed by atoms with Crippen LogP contribution < -0.4 is 15.6 Å². The molecule has 0 aliphatic heterocycles. The molecule has 2 aromatic carbocycles. The molecule has 9 nitrogen and oxygen atoms in total. The maximum absolute atomic E-state index is 9.89. The Labute approximate surface area is 176 Å². The number of phenolic OH excluding ortho intramolecular Hbond substituents is 2. The summed E-state index contributed by atoms with van der Waals surface area (Å²) < 4.78 is 0.444. The van der Waals surface area contributed by atoms with Crippen molar-refractivity contribution in [2.45, 2.75) is 6.54 Å². The zero-order chi connectivity index (χ0) is 20.8. The predicted molar refractivity (Wildman–Crippen MR) is 117 cm³/mol. The molecule has 4 N–H and O–H groups in total. The summed E-state index contributed by atoms with van der Waals surface area (Å²) >= 11 is 3.20. The Bertz CT molecular complexity index is 1010. The van der Waals surface area contributed by atoms with Crippen molar-refractivity contribution in [3.05, 3.63) is 58.1 Å². The van der Waals surface area contributed by atoms with Crippen molar-refractivity contribution in [1.82, 2.24) is 15.0 Å². The molecule has 0 atom stereocenters. The van der Waals surface area contributed by atoms with Crippen LogP contribution in [0.1, 0.15) is 11.1 Å². The molecule has 0 aliphatic carbocycles. The fourth-order valence-electron chi connectivity index (χ4n) is 2.30. The van der Waals surface area contributed by atoms with Gasteiger partial charge in [0.25, 0.3) is 0 Å². The minimum Gasteiger partial charge on any atom is -0.507 e. The van der Waals surface area contributed by atoms with Crippen LogP contribution in [0.5, 0.6) is 11.5 Å². The highest BCUT2D eigenvalue weighted by Gasteiger charge is 2.08. The Hall–Kier alpha value is -3.40. The van der Waals surface area contributed by atoms with E-state index in [9.17, 15) is 10.2 Å². The lowest BCUT2D eigenvalue weighted by Gasteiger charge is -2.13. The Morgan fingerprint density at radius 2 is 1.76 bits per heavy atom. The van der Waals surface area contributed by atoms with E-state index in [2.05, 4.69) is 46.7 Å². The predicted octanol–water partition coefficient (Wildman–Crippen LogP) is 3.17. The molecule has 0 saturated carbocycles. The van der Waals surface area contributed by atoms with E-state index < -0.39 is 0 Å². The Morgan fingerprint density at radius 1 is 1.03 bits per heavy atom. The van der Waals surface area contributed by atoms with E-state index in [-0.39, 0.29) is 17.4 Å². The van der Waals surface area contributed by atoms with Crippen LogP contribution in [0.15, 0.2) is 52.0 Å². The van der Waals surface area contributed by atoms with Crippen LogP contribution in [0, 0.1) is 0 Å². The molecule has 3 rings (SSSR count). The number of aromatic hydroxyl groups is 2. The number of hydrogen-bond donors (Lipinski definition) is 4. The number of nitrogens with zero attached hydrogens (tertiary/aromatic N) is 5. The first-order valence-corrected chi connectivity index (χ1v) is 9.43. The number of hydrazone groups is 1. The molecule has 10 heteroatoms. The fourth-order valence-corrected chi connectivity index (χ4v) is 2.66. The Morgan fingerprint density at radius 3 is 2.48 bits per heavy atom. The molecule has 1 heterocycles. The van der Waals surface area contributed by atoms with Crippen molar-refractivity contribution < 1.29 is 10.2 Å². The normalized spacial score (nSPS) is 10.9. The van der Waals surface area contributed by atoms with E-state index in [0.717, 1.165) is 5.56 Å². The van der Waals surface area contributed by atoms with Crippen molar-refractivity contribution in [2.75, 3.05) is 29.7 Å². The van der Waals surface area contributed by atoms with Crippen molar-refractivity contribution in [2.24, 2.45) is 5.10 Å². The van der Waals surface area contributed by atoms with Crippen LogP contribution >= 0.6 is 15.9 Å². The van der Waals surface area contributed by atoms with Crippen LogP contribution in [-0.2, 0) is 6.54 Å². The van der Waals surface area contributed by atoms with Gasteiger partial charge in [0.1, 0.15) is 11.5 Å². The first kappa shape index (κ1) is 20.3. The molecule has 29 heavy (non-hydrogen) atoms. The SMILES string of the molecule is CN(C)c1nc(NCc2ccccc2)nc(N/N=C\c2cc(Br)c(O)cc2O)n1. The maximum Gasteiger partial charge on any atom is 0.250 e. The summed E-state index contributed by atoms with van der Waals surface area (Å²) in [7, 11) is 3.66. The third-order valence-corrected chi connectivity index (χ3v) is 4.42. The van der Waals surface area contributed by atoms with E-state index in [1.54, 1.807) is 11.0 Å². The van der Waals surface area contributed by atoms with Crippen LogP contribution in [0.2, 0.25) is 0 Å². The quantitative estimate of drug-likeness (QED) is 0.315. The Kier molecular flexibility index (Phi) is 6.45. The molecule has 0 saturated heterocycles. The van der Waals surface area contributed by atoms with E-state index in [4.69, 9.17) is 0 Å². The fraction of sp³-hybridized carbons (Fsp3) is 0.158. The Balaban J connectivity index is 1.76. The molecule has 150 valence electrons. The molecular formula is C19H20BrN7O2. The maximum atomic E-state index is 9.89. The molecule has 0 aliphatic rings. The molecule has 0 radical (unpaired) electrons. The summed E-state index contributed by atoms with van der Waals surface area (Å²) in [6.07, 6.45) is 1.40. The number of halogens is 1. The molecule has 0 amide bonds. The molecule has 3 aromatic rings. The molecule has 0 unspecified atom stereocenters. The zero-order valence-electron chi connectivity index (χ0n) is 15.8. The zero-order valence-corrected chi connectivity index (χ0v) is 17.4. The first-order valence-electron chi connectivity index (χ1n) is 8.64. The number of nitrogens with one attached hydrogen (secondary N) is 2. The largest absolute Gasteiger partial charge is 0.507 e. The summed E-state index contributed by atoms with van der Waals surface area (Å²) in [5.41, 5.74) is 4.25. The lowest BCUT2D eigenvalue weighted by Crippen LogP contribution is -2.16. The van der Waals surface area contributed by atoms with Gasteiger partial charge in [-0.25, -0.2) is 5.43 Å². The van der Waals surface area contributed by atoms with Crippen molar-refractivity contribution in [3.63, 3.8) is 0 Å². The van der Waals surface area contributed by atoms with Gasteiger partial charge < -0.3 is 20.4 Å². The van der Waals surface area contributed by atoms with Gasteiger partial charge in [0.05, 0.1) is 10.7 Å². The monoisotopic (exact) mass is 457 g/mol. The molecule has 0 spiro atoms. The number of benzene rings is 2. The number of phenols is 2. The van der Waals surface area contributed by atoms with Crippen molar-refractivity contribution >= 4 is 40.0 Å². The van der Waals surface area contributed by atoms with E-state index in [0.29, 0.717) is 28.5 Å². The highest BCUT2D eigenvalue weighted by atomic mass is 79.9. The van der Waals surface area contributed by atoms with Gasteiger partial charge in [-0.3, -0.25) is 0 Å². The number of hydrogen-bond acceptors (Lipinski definition) is 9. The number of aromatic nitrogens is 3. The summed E-state index contributed by atoms with van der Waals surface area (Å²) in [4.78, 5) is 14.8. The lowest BCUT2D eigenvalue weighted by atomic mass is 10.2. The van der Waals surface area contributed by atoms with Crippen LogP contribution in [0.4, 0.5) is 17.8 Å². The van der Waals surface area contributed by atoms with Gasteiger partial charge in [-0.2, -0.15) is 20.1 Å². The molecule has 1 aromatic heterocycles. The lowest BCUT2D eigenvalue weighted by molar-refractivity contribution is 0.448. The van der Waals surface area contributed by atoms with E-state index in [1.807, 2.05) is 44.4 Å². The average Bonchev–Trinajstić information content (AvgIpc) is 2.71. The number of anilines is 3. The smallest absolute Gasteiger partial charge is 0.250 e. The summed E-state index contributed by atoms with van der Waals surface area (Å²) in [6.45, 7) is 0.565. The van der Waals surface area contributed by atoms with Gasteiger partial charge in [-0.05, 0) is 27.6 Å². The van der Waals surface area contributed by atoms with Crippen molar-refractivity contribution in [1.29, 1.82) is 0 Å². The van der Waals surface area contributed by atoms with Gasteiger partial charge in [0.2, 0.25) is 17.8 Å². The third-order valence-electron chi connectivity index (χ3n) is 3.78. The second kappa shape index (κ2) is 9.20. The minimum atomic E-state index is -0.105. The third kappa shape index (κ3) is 5.55. The second-order valence-electron chi connectivity index (χ2n) is 6.25. The second-order valence-corrected chi connectivity index (χ2v) is 7.10. The van der Waals surface area contributed by atoms with Gasteiger partial charge in [0.15, 0.2) is 0 Å². The van der Waals surface area contributed by atoms with Crippen LogP contribution in [0.25, 0.3) is 0 Å². The van der Waals surface area contributed by atoms with Crippen molar-refractivity contribution in [3.8, 4) is 11.5 Å². The van der Waals surface area contributed by atoms with Crippen LogP contribution in [-0.4, -0.2) is 45.5 Å². The highest BCUT2D eigenvalue weighted by molar-refractivity contribution is 9.10. The van der Waals surface area contributed by atoms with Gasteiger partial charge in [0, 0.05) is 32.3 Å². The first-order chi connectivity index (χ1) is 13.9. The summed E-state index contributed by atoms with van der Waals surface area (Å²) in [6, 6.07) is 12.7. The van der Waals surface area contributed by atoms with Gasteiger partial charge in [-0.1, -0.05) is 30.3 Å². The summed E-state index contributed by atoms with van der Waals surface area (Å²) in [5, 5.41) is 26.7. The molecule has 0 bridgehead atoms. The topological polar surface area (TPSA) is 119 Å². The molecular weight excluding hydrogens is 438 g/mol. The van der Waals surface area contributed by atoms with Crippen LogP contribution in [0.3, 0.4) is 0 Å². The number of rotatable bonds is 7. The molecule has 0 fully saturated rings. The van der Waals surface area contributed by atoms with E-state index >= 15 is 0 Å². The average molecular weight is 458 g/mol. The minimum absolute atomic E-state index is 0.0603. The van der Waals surface area contributed by atoms with E-state index in [1.165, 1.54) is 12.3 Å². The summed E-state index contributed by atoms with van der Waals surface area (Å²) in [5.74, 6) is 0.942. The van der Waals surface area contributed by atoms with Gasteiger partial charge >= 0.3 is 0 Å². The highest BCUT2D eigenvalue weighted by Crippen LogP contribution is 2.30. The van der Waals surface area contributed by atoms with Gasteiger partial charge in [-0.15, -0.1) is 0 Å².